The van der Waals surface area contributed by atoms with Crippen molar-refractivity contribution in [3.05, 3.63) is 60.2 Å². The van der Waals surface area contributed by atoms with Crippen molar-refractivity contribution in [2.45, 2.75) is 18.9 Å². The number of nitriles is 1. The highest BCUT2D eigenvalue weighted by atomic mass is 16.3. The summed E-state index contributed by atoms with van der Waals surface area (Å²) in [5, 5.41) is 21.1. The highest BCUT2D eigenvalue weighted by Crippen LogP contribution is 2.27. The van der Waals surface area contributed by atoms with Crippen LogP contribution in [0, 0.1) is 11.3 Å². The molecule has 90 valence electrons. The van der Waals surface area contributed by atoms with Crippen LogP contribution in [0.1, 0.15) is 18.9 Å². The first-order valence-corrected chi connectivity index (χ1v) is 5.90. The average Bonchev–Trinajstić information content (AvgIpc) is 2.38. The van der Waals surface area contributed by atoms with E-state index in [0.717, 1.165) is 16.3 Å². The van der Waals surface area contributed by atoms with Crippen molar-refractivity contribution in [2.24, 2.45) is 0 Å². The van der Waals surface area contributed by atoms with E-state index in [0.29, 0.717) is 6.42 Å². The summed E-state index contributed by atoms with van der Waals surface area (Å²) in [5.74, 6) is 0. The molecule has 2 aromatic rings. The third-order valence-corrected chi connectivity index (χ3v) is 3.08. The van der Waals surface area contributed by atoms with E-state index >= 15 is 0 Å². The van der Waals surface area contributed by atoms with Crippen molar-refractivity contribution >= 4 is 10.8 Å². The molecule has 0 heterocycles. The molecule has 0 aliphatic carbocycles. The lowest BCUT2D eigenvalue weighted by Gasteiger charge is -2.22. The van der Waals surface area contributed by atoms with E-state index in [1.54, 1.807) is 13.0 Å². The Morgan fingerprint density at radius 3 is 2.67 bits per heavy atom. The minimum Gasteiger partial charge on any atom is -0.385 e. The van der Waals surface area contributed by atoms with Crippen molar-refractivity contribution < 1.29 is 5.11 Å². The maximum Gasteiger partial charge on any atom is 0.0908 e. The van der Waals surface area contributed by atoms with Crippen LogP contribution in [0.15, 0.2) is 54.6 Å². The van der Waals surface area contributed by atoms with Crippen LogP contribution in [0.25, 0.3) is 10.8 Å². The molecule has 0 unspecified atom stereocenters. The molecular weight excluding hydrogens is 222 g/mol. The molecule has 0 radical (unpaired) electrons. The Labute approximate surface area is 107 Å². The quantitative estimate of drug-likeness (QED) is 0.830. The number of hydrogen-bond acceptors (Lipinski definition) is 2. The summed E-state index contributed by atoms with van der Waals surface area (Å²) < 4.78 is 0. The summed E-state index contributed by atoms with van der Waals surface area (Å²) >= 11 is 0. The molecule has 2 rings (SSSR count). The van der Waals surface area contributed by atoms with Gasteiger partial charge in [-0.15, -0.1) is 0 Å². The summed E-state index contributed by atoms with van der Waals surface area (Å²) in [5.41, 5.74) is -0.0824. The minimum atomic E-state index is -0.947. The number of rotatable bonds is 3. The SMILES string of the molecule is C[C@@](O)(C/C=C\C#N)c1ccc2ccccc2c1. The van der Waals surface area contributed by atoms with Crippen molar-refractivity contribution in [2.75, 3.05) is 0 Å². The second-order valence-corrected chi connectivity index (χ2v) is 4.57. The summed E-state index contributed by atoms with van der Waals surface area (Å²) in [7, 11) is 0. The fourth-order valence-electron chi connectivity index (χ4n) is 1.98. The number of hydrogen-bond donors (Lipinski definition) is 1. The summed E-state index contributed by atoms with van der Waals surface area (Å²) in [6.45, 7) is 1.76. The van der Waals surface area contributed by atoms with Gasteiger partial charge in [-0.05, 0) is 35.7 Å². The van der Waals surface area contributed by atoms with E-state index < -0.39 is 5.60 Å². The van der Waals surface area contributed by atoms with Crippen LogP contribution in [0.5, 0.6) is 0 Å². The van der Waals surface area contributed by atoms with Crippen molar-refractivity contribution in [1.29, 1.82) is 5.26 Å². The Bertz CT molecular complexity index is 620. The molecule has 0 saturated heterocycles. The van der Waals surface area contributed by atoms with Crippen LogP contribution in [0.3, 0.4) is 0 Å². The van der Waals surface area contributed by atoms with Gasteiger partial charge in [-0.3, -0.25) is 0 Å². The lowest BCUT2D eigenvalue weighted by Crippen LogP contribution is -2.19. The van der Waals surface area contributed by atoms with Crippen LogP contribution in [-0.4, -0.2) is 5.11 Å². The van der Waals surface area contributed by atoms with Crippen LogP contribution >= 0.6 is 0 Å². The van der Waals surface area contributed by atoms with E-state index in [1.807, 2.05) is 48.5 Å². The first kappa shape index (κ1) is 12.3. The zero-order valence-electron chi connectivity index (χ0n) is 10.3. The molecule has 0 saturated carbocycles. The molecule has 0 aromatic heterocycles. The van der Waals surface area contributed by atoms with E-state index in [2.05, 4.69) is 0 Å². The topological polar surface area (TPSA) is 44.0 Å². The minimum absolute atomic E-state index is 0.429. The second-order valence-electron chi connectivity index (χ2n) is 4.57. The first-order chi connectivity index (χ1) is 8.63. The van der Waals surface area contributed by atoms with E-state index in [9.17, 15) is 5.11 Å². The van der Waals surface area contributed by atoms with Crippen LogP contribution in [-0.2, 0) is 5.60 Å². The number of benzene rings is 2. The zero-order valence-corrected chi connectivity index (χ0v) is 10.3. The van der Waals surface area contributed by atoms with Crippen LogP contribution in [0.4, 0.5) is 0 Å². The maximum atomic E-state index is 10.4. The Balaban J connectivity index is 2.35. The lowest BCUT2D eigenvalue weighted by molar-refractivity contribution is 0.0607. The second kappa shape index (κ2) is 5.03. The molecule has 1 atom stereocenters. The molecule has 2 nitrogen and oxygen atoms in total. The normalized spacial score (nSPS) is 14.5. The van der Waals surface area contributed by atoms with Gasteiger partial charge < -0.3 is 5.11 Å². The predicted molar refractivity (Wildman–Crippen MR) is 72.9 cm³/mol. The molecule has 0 bridgehead atoms. The molecular formula is C16H15NO. The van der Waals surface area contributed by atoms with Gasteiger partial charge in [0.15, 0.2) is 0 Å². The van der Waals surface area contributed by atoms with Crippen LogP contribution in [0.2, 0.25) is 0 Å². The molecule has 0 fully saturated rings. The molecule has 0 spiro atoms. The van der Waals surface area contributed by atoms with E-state index in [-0.39, 0.29) is 0 Å². The largest absolute Gasteiger partial charge is 0.385 e. The van der Waals surface area contributed by atoms with Gasteiger partial charge in [0, 0.05) is 6.08 Å². The smallest absolute Gasteiger partial charge is 0.0908 e. The van der Waals surface area contributed by atoms with E-state index in [1.165, 1.54) is 6.08 Å². The number of nitrogens with zero attached hydrogens (tertiary/aromatic N) is 1. The van der Waals surface area contributed by atoms with Gasteiger partial charge >= 0.3 is 0 Å². The Hall–Kier alpha value is -2.11. The molecule has 1 N–H and O–H groups in total. The Morgan fingerprint density at radius 2 is 1.94 bits per heavy atom. The highest BCUT2D eigenvalue weighted by Gasteiger charge is 2.21. The fraction of sp³-hybridized carbons (Fsp3) is 0.188. The van der Waals surface area contributed by atoms with Gasteiger partial charge in [0.05, 0.1) is 11.7 Å². The molecule has 0 aliphatic rings. The predicted octanol–water partition coefficient (Wildman–Crippen LogP) is 3.52. The lowest BCUT2D eigenvalue weighted by atomic mass is 9.90. The molecule has 0 amide bonds. The van der Waals surface area contributed by atoms with Gasteiger partial charge in [-0.1, -0.05) is 42.5 Å². The molecule has 0 aliphatic heterocycles. The monoisotopic (exact) mass is 237 g/mol. The third-order valence-electron chi connectivity index (χ3n) is 3.08. The van der Waals surface area contributed by atoms with Gasteiger partial charge in [0.2, 0.25) is 0 Å². The average molecular weight is 237 g/mol. The van der Waals surface area contributed by atoms with Gasteiger partial charge in [-0.2, -0.15) is 5.26 Å². The Kier molecular flexibility index (Phi) is 3.45. The number of allylic oxidation sites excluding steroid dienone is 1. The maximum absolute atomic E-state index is 10.4. The third kappa shape index (κ3) is 2.58. The van der Waals surface area contributed by atoms with Gasteiger partial charge in [0.25, 0.3) is 0 Å². The summed E-state index contributed by atoms with van der Waals surface area (Å²) in [6.07, 6.45) is 3.52. The van der Waals surface area contributed by atoms with Crippen molar-refractivity contribution in [3.63, 3.8) is 0 Å². The molecule has 2 heteroatoms. The number of fused-ring (bicyclic) bond motifs is 1. The van der Waals surface area contributed by atoms with Gasteiger partial charge in [-0.25, -0.2) is 0 Å². The number of aliphatic hydroxyl groups is 1. The zero-order chi connectivity index (χ0) is 13.0. The standard InChI is InChI=1S/C16H15NO/c1-16(18,10-4-5-11-17)15-9-8-13-6-2-3-7-14(13)12-15/h2-9,12,18H,10H2,1H3/b5-4-/t16-/m1/s1. The highest BCUT2D eigenvalue weighted by molar-refractivity contribution is 5.83. The summed E-state index contributed by atoms with van der Waals surface area (Å²) in [4.78, 5) is 0. The van der Waals surface area contributed by atoms with Crippen LogP contribution < -0.4 is 0 Å². The molecule has 2 aromatic carbocycles. The first-order valence-electron chi connectivity index (χ1n) is 5.90. The van der Waals surface area contributed by atoms with Crippen molar-refractivity contribution in [1.82, 2.24) is 0 Å². The molecule has 18 heavy (non-hydrogen) atoms. The fourth-order valence-corrected chi connectivity index (χ4v) is 1.98. The summed E-state index contributed by atoms with van der Waals surface area (Å²) in [6, 6.07) is 15.9. The van der Waals surface area contributed by atoms with Gasteiger partial charge in [0.1, 0.15) is 0 Å². The Morgan fingerprint density at radius 1 is 1.22 bits per heavy atom. The van der Waals surface area contributed by atoms with Crippen molar-refractivity contribution in [3.8, 4) is 6.07 Å². The van der Waals surface area contributed by atoms with E-state index in [4.69, 9.17) is 5.26 Å².